The number of aryl methyl sites for hydroxylation is 1. The molecule has 7 heteroatoms. The minimum atomic E-state index is -0.196. The molecule has 0 fully saturated rings. The van der Waals surface area contributed by atoms with Crippen molar-refractivity contribution in [3.63, 3.8) is 0 Å². The monoisotopic (exact) mass is 270 g/mol. The summed E-state index contributed by atoms with van der Waals surface area (Å²) in [6.45, 7) is 4.67. The van der Waals surface area contributed by atoms with E-state index in [-0.39, 0.29) is 11.0 Å². The largest absolute Gasteiger partial charge is 0.709 e. The van der Waals surface area contributed by atoms with Crippen molar-refractivity contribution in [2.45, 2.75) is 26.8 Å². The average molecular weight is 271 g/mol. The Morgan fingerprint density at radius 2 is 2.22 bits per heavy atom. The molecule has 6 nitrogen and oxygen atoms in total. The zero-order chi connectivity index (χ0) is 13.4. The van der Waals surface area contributed by atoms with Crippen molar-refractivity contribution < 1.29 is 4.73 Å². The maximum absolute atomic E-state index is 12.0. The van der Waals surface area contributed by atoms with Crippen LogP contribution in [0.1, 0.15) is 20.3 Å². The van der Waals surface area contributed by atoms with Gasteiger partial charge in [0.1, 0.15) is 0 Å². The summed E-state index contributed by atoms with van der Waals surface area (Å²) < 4.78 is 3.40. The molecular weight excluding hydrogens is 256 g/mol. The van der Waals surface area contributed by atoms with Crippen molar-refractivity contribution in [2.24, 2.45) is 13.0 Å². The molecule has 2 rings (SSSR count). The molecule has 98 valence electrons. The molecule has 0 aromatic heterocycles. The van der Waals surface area contributed by atoms with E-state index in [1.165, 1.54) is 15.3 Å². The predicted molar refractivity (Wildman–Crippen MR) is 67.5 cm³/mol. The lowest BCUT2D eigenvalue weighted by atomic mass is 10.1. The van der Waals surface area contributed by atoms with Gasteiger partial charge in [-0.05, 0) is 17.3 Å². The summed E-state index contributed by atoms with van der Waals surface area (Å²) >= 11 is 5.71. The van der Waals surface area contributed by atoms with Gasteiger partial charge < -0.3 is 5.21 Å². The van der Waals surface area contributed by atoms with E-state index < -0.39 is 0 Å². The van der Waals surface area contributed by atoms with Crippen LogP contribution in [0.2, 0.25) is 5.28 Å². The zero-order valence-corrected chi connectivity index (χ0v) is 11.3. The highest BCUT2D eigenvalue weighted by atomic mass is 35.5. The summed E-state index contributed by atoms with van der Waals surface area (Å²) in [4.78, 5) is 16.0. The number of rotatable bonds is 3. The van der Waals surface area contributed by atoms with Crippen LogP contribution in [0.25, 0.3) is 11.5 Å². The first-order chi connectivity index (χ1) is 8.41. The first kappa shape index (κ1) is 12.9. The lowest BCUT2D eigenvalue weighted by Crippen LogP contribution is -2.35. The Hall–Kier alpha value is -1.56. The number of nitrogens with zero attached hydrogens (tertiary/aromatic N) is 4. The third-order valence-electron chi connectivity index (χ3n) is 2.85. The van der Waals surface area contributed by atoms with Crippen LogP contribution in [0.3, 0.4) is 0 Å². The molecule has 0 radical (unpaired) electrons. The summed E-state index contributed by atoms with van der Waals surface area (Å²) in [6.07, 6.45) is 2.29. The molecule has 0 saturated heterocycles. The van der Waals surface area contributed by atoms with Crippen LogP contribution in [0.4, 0.5) is 0 Å². The molecule has 0 saturated carbocycles. The fourth-order valence-electron chi connectivity index (χ4n) is 1.80. The number of imidazole rings is 1. The molecule has 0 atom stereocenters. The Morgan fingerprint density at radius 1 is 1.56 bits per heavy atom. The van der Waals surface area contributed by atoms with E-state index in [9.17, 15) is 10.0 Å². The molecule has 0 spiro atoms. The van der Waals surface area contributed by atoms with Crippen LogP contribution >= 0.6 is 11.6 Å². The van der Waals surface area contributed by atoms with E-state index in [0.717, 1.165) is 6.42 Å². The SMILES string of the molecule is CC(C)CCn1c2nc(Cl)[n+]([O-])c-2cn(C)c1=O. The first-order valence-electron chi connectivity index (χ1n) is 5.76. The van der Waals surface area contributed by atoms with Crippen molar-refractivity contribution in [1.29, 1.82) is 0 Å². The molecule has 0 amide bonds. The van der Waals surface area contributed by atoms with Gasteiger partial charge in [0.05, 0.1) is 6.20 Å². The molecule has 0 bridgehead atoms. The maximum atomic E-state index is 12.0. The molecule has 2 heterocycles. The number of halogens is 1. The molecule has 0 aromatic rings. The van der Waals surface area contributed by atoms with E-state index in [1.54, 1.807) is 7.05 Å². The predicted octanol–water partition coefficient (Wildman–Crippen LogP) is 1.02. The number of fused-ring (bicyclic) bond motifs is 1. The van der Waals surface area contributed by atoms with E-state index >= 15 is 0 Å². The van der Waals surface area contributed by atoms with Crippen molar-refractivity contribution >= 4 is 11.6 Å². The van der Waals surface area contributed by atoms with Crippen molar-refractivity contribution in [2.75, 3.05) is 0 Å². The highest BCUT2D eigenvalue weighted by molar-refractivity contribution is 6.27. The van der Waals surface area contributed by atoms with Gasteiger partial charge in [-0.25, -0.2) is 9.52 Å². The number of hydrogen-bond acceptors (Lipinski definition) is 3. The summed E-state index contributed by atoms with van der Waals surface area (Å²) in [7, 11) is 1.61. The quantitative estimate of drug-likeness (QED) is 0.475. The average Bonchev–Trinajstić information content (AvgIpc) is 2.56. The first-order valence-corrected chi connectivity index (χ1v) is 6.14. The van der Waals surface area contributed by atoms with Crippen LogP contribution in [-0.2, 0) is 13.6 Å². The molecule has 0 aromatic carbocycles. The van der Waals surface area contributed by atoms with E-state index in [4.69, 9.17) is 11.6 Å². The lowest BCUT2D eigenvalue weighted by Gasteiger charge is -2.11. The highest BCUT2D eigenvalue weighted by Crippen LogP contribution is 2.17. The minimum Gasteiger partial charge on any atom is -0.709 e. The third-order valence-corrected chi connectivity index (χ3v) is 3.09. The highest BCUT2D eigenvalue weighted by Gasteiger charge is 2.27. The fourth-order valence-corrected chi connectivity index (χ4v) is 1.97. The zero-order valence-electron chi connectivity index (χ0n) is 10.6. The minimum absolute atomic E-state index is 0.158. The maximum Gasteiger partial charge on any atom is 0.402 e. The number of hydrogen-bond donors (Lipinski definition) is 0. The Labute approximate surface area is 109 Å². The summed E-state index contributed by atoms with van der Waals surface area (Å²) in [5.74, 6) is 0.807. The van der Waals surface area contributed by atoms with Crippen molar-refractivity contribution in [3.8, 4) is 11.5 Å². The summed E-state index contributed by atoms with van der Waals surface area (Å²) in [5.41, 5.74) is 0.115. The molecule has 2 aliphatic heterocycles. The molecular formula is C11H15ClN4O2. The van der Waals surface area contributed by atoms with Crippen LogP contribution in [-0.4, -0.2) is 14.1 Å². The second-order valence-corrected chi connectivity index (χ2v) is 5.08. The van der Waals surface area contributed by atoms with Gasteiger partial charge in [0.25, 0.3) is 0 Å². The van der Waals surface area contributed by atoms with Crippen LogP contribution in [0.5, 0.6) is 0 Å². The fraction of sp³-hybridized carbons (Fsp3) is 0.545. The second kappa shape index (κ2) is 4.61. The Morgan fingerprint density at radius 3 is 2.83 bits per heavy atom. The van der Waals surface area contributed by atoms with Gasteiger partial charge in [0, 0.05) is 25.2 Å². The Balaban J connectivity index is 2.59. The van der Waals surface area contributed by atoms with Gasteiger partial charge in [-0.3, -0.25) is 9.13 Å². The molecule has 18 heavy (non-hydrogen) atoms. The Kier molecular flexibility index (Phi) is 3.30. The van der Waals surface area contributed by atoms with Crippen LogP contribution in [0, 0.1) is 11.1 Å². The topological polar surface area (TPSA) is 66.8 Å². The van der Waals surface area contributed by atoms with Crippen molar-refractivity contribution in [3.05, 3.63) is 27.2 Å². The molecule has 0 aliphatic carbocycles. The third kappa shape index (κ3) is 2.08. The second-order valence-electron chi connectivity index (χ2n) is 4.74. The van der Waals surface area contributed by atoms with E-state index in [0.29, 0.717) is 28.7 Å². The van der Waals surface area contributed by atoms with Crippen LogP contribution < -0.4 is 10.4 Å². The number of aromatic nitrogens is 4. The molecule has 2 aliphatic rings. The Bertz CT molecular complexity index is 602. The summed E-state index contributed by atoms with van der Waals surface area (Å²) in [6, 6.07) is 0. The van der Waals surface area contributed by atoms with Gasteiger partial charge in [-0.15, -0.1) is 0 Å². The van der Waals surface area contributed by atoms with Crippen LogP contribution in [0.15, 0.2) is 11.0 Å². The smallest absolute Gasteiger partial charge is 0.402 e. The van der Waals surface area contributed by atoms with E-state index in [2.05, 4.69) is 18.8 Å². The van der Waals surface area contributed by atoms with Gasteiger partial charge >= 0.3 is 16.8 Å². The standard InChI is InChI=1S/C11H15ClN4O2/c1-7(2)4-5-15-9-8(6-14(3)11(15)17)16(18)10(12)13-9/h6-7H,4-5H2,1-3H3. The van der Waals surface area contributed by atoms with Gasteiger partial charge in [-0.2, -0.15) is 0 Å². The van der Waals surface area contributed by atoms with Crippen molar-refractivity contribution in [1.82, 2.24) is 14.1 Å². The summed E-state index contributed by atoms with van der Waals surface area (Å²) in [5, 5.41) is 11.5. The van der Waals surface area contributed by atoms with Gasteiger partial charge in [0.2, 0.25) is 5.69 Å². The van der Waals surface area contributed by atoms with Gasteiger partial charge in [0.15, 0.2) is 0 Å². The normalized spacial score (nSPS) is 11.6. The lowest BCUT2D eigenvalue weighted by molar-refractivity contribution is -0.589. The van der Waals surface area contributed by atoms with E-state index in [1.807, 2.05) is 0 Å². The molecule has 0 N–H and O–H groups in total. The van der Waals surface area contributed by atoms with Gasteiger partial charge in [-0.1, -0.05) is 13.8 Å². The molecule has 0 unspecified atom stereocenters.